The fourth-order valence-electron chi connectivity index (χ4n) is 1.27. The zero-order valence-corrected chi connectivity index (χ0v) is 11.0. The molecule has 0 aromatic heterocycles. The maximum Gasteiger partial charge on any atom is 0.273 e. The molecule has 0 heterocycles. The highest BCUT2D eigenvalue weighted by molar-refractivity contribution is 9.10. The van der Waals surface area contributed by atoms with Crippen molar-refractivity contribution in [1.29, 1.82) is 0 Å². The zero-order valence-electron chi connectivity index (χ0n) is 9.41. The summed E-state index contributed by atoms with van der Waals surface area (Å²) in [5, 5.41) is 16.1. The fourth-order valence-corrected chi connectivity index (χ4v) is 1.74. The van der Waals surface area contributed by atoms with E-state index in [0.717, 1.165) is 0 Å². The number of carbonyl (C=O) groups is 1. The monoisotopic (exact) mass is 301 g/mol. The largest absolute Gasteiger partial charge is 0.375 e. The first-order valence-electron chi connectivity index (χ1n) is 4.84. The number of likely N-dealkylation sites (N-methyl/N-ethyl adjacent to an activating group) is 1. The van der Waals surface area contributed by atoms with Gasteiger partial charge >= 0.3 is 0 Å². The lowest BCUT2D eigenvalue weighted by atomic mass is 10.2. The van der Waals surface area contributed by atoms with Gasteiger partial charge in [-0.05, 0) is 28.9 Å². The van der Waals surface area contributed by atoms with Crippen LogP contribution < -0.4 is 10.6 Å². The number of amides is 1. The minimum atomic E-state index is -0.442. The van der Waals surface area contributed by atoms with Gasteiger partial charge in [-0.2, -0.15) is 0 Å². The van der Waals surface area contributed by atoms with Crippen LogP contribution in [-0.4, -0.2) is 24.4 Å². The second-order valence-electron chi connectivity index (χ2n) is 3.40. The standard InChI is InChI=1S/C10H12BrN3O3/c1-6-3-8(13-5-10(15)12-2)7(11)4-9(6)14(16)17/h3-4,13H,5H2,1-2H3,(H,12,15). The molecule has 0 atom stereocenters. The van der Waals surface area contributed by atoms with Crippen molar-refractivity contribution in [2.75, 3.05) is 18.9 Å². The molecule has 0 saturated heterocycles. The van der Waals surface area contributed by atoms with Gasteiger partial charge in [0.05, 0.1) is 11.5 Å². The lowest BCUT2D eigenvalue weighted by Gasteiger charge is -2.09. The third-order valence-electron chi connectivity index (χ3n) is 2.20. The van der Waals surface area contributed by atoms with Crippen molar-refractivity contribution in [1.82, 2.24) is 5.32 Å². The summed E-state index contributed by atoms with van der Waals surface area (Å²) >= 11 is 3.22. The van der Waals surface area contributed by atoms with Gasteiger partial charge in [0.15, 0.2) is 0 Å². The van der Waals surface area contributed by atoms with Gasteiger partial charge in [-0.25, -0.2) is 0 Å². The number of nitro benzene ring substituents is 1. The molecule has 0 aliphatic rings. The van der Waals surface area contributed by atoms with E-state index < -0.39 is 4.92 Å². The topological polar surface area (TPSA) is 84.3 Å². The number of benzene rings is 1. The van der Waals surface area contributed by atoms with Gasteiger partial charge in [-0.15, -0.1) is 0 Å². The van der Waals surface area contributed by atoms with E-state index in [-0.39, 0.29) is 18.1 Å². The molecular formula is C10H12BrN3O3. The molecule has 0 spiro atoms. The molecule has 0 fully saturated rings. The lowest BCUT2D eigenvalue weighted by Crippen LogP contribution is -2.26. The molecule has 1 amide bonds. The molecule has 1 aromatic carbocycles. The molecule has 2 N–H and O–H groups in total. The van der Waals surface area contributed by atoms with Crippen molar-refractivity contribution in [2.45, 2.75) is 6.92 Å². The van der Waals surface area contributed by atoms with Crippen molar-refractivity contribution in [3.63, 3.8) is 0 Å². The molecule has 1 rings (SSSR count). The number of rotatable bonds is 4. The highest BCUT2D eigenvalue weighted by Crippen LogP contribution is 2.30. The highest BCUT2D eigenvalue weighted by Gasteiger charge is 2.14. The fraction of sp³-hybridized carbons (Fsp3) is 0.300. The Hall–Kier alpha value is -1.63. The van der Waals surface area contributed by atoms with Gasteiger partial charge in [0.2, 0.25) is 5.91 Å². The summed E-state index contributed by atoms with van der Waals surface area (Å²) < 4.78 is 0.554. The molecule has 17 heavy (non-hydrogen) atoms. The average molecular weight is 302 g/mol. The Morgan fingerprint density at radius 2 is 2.18 bits per heavy atom. The number of nitrogens with zero attached hydrogens (tertiary/aromatic N) is 1. The molecule has 0 unspecified atom stereocenters. The third-order valence-corrected chi connectivity index (χ3v) is 2.86. The Balaban J connectivity index is 2.92. The van der Waals surface area contributed by atoms with E-state index >= 15 is 0 Å². The van der Waals surface area contributed by atoms with Crippen LogP contribution in [0.15, 0.2) is 16.6 Å². The number of nitrogens with one attached hydrogen (secondary N) is 2. The van der Waals surface area contributed by atoms with Crippen LogP contribution in [0.4, 0.5) is 11.4 Å². The van der Waals surface area contributed by atoms with Gasteiger partial charge in [0.1, 0.15) is 0 Å². The molecular weight excluding hydrogens is 290 g/mol. The Morgan fingerprint density at radius 1 is 1.53 bits per heavy atom. The Kier molecular flexibility index (Phi) is 4.45. The molecule has 1 aromatic rings. The second kappa shape index (κ2) is 5.62. The molecule has 0 saturated carbocycles. The molecule has 6 nitrogen and oxygen atoms in total. The van der Waals surface area contributed by atoms with Gasteiger partial charge < -0.3 is 10.6 Å². The van der Waals surface area contributed by atoms with E-state index in [1.54, 1.807) is 20.0 Å². The first kappa shape index (κ1) is 13.4. The molecule has 0 aliphatic carbocycles. The van der Waals surface area contributed by atoms with E-state index in [0.29, 0.717) is 15.7 Å². The quantitative estimate of drug-likeness (QED) is 0.656. The smallest absolute Gasteiger partial charge is 0.273 e. The molecule has 7 heteroatoms. The van der Waals surface area contributed by atoms with Gasteiger partial charge in [0, 0.05) is 28.8 Å². The predicted octanol–water partition coefficient (Wildman–Crippen LogP) is 1.82. The second-order valence-corrected chi connectivity index (χ2v) is 4.26. The van der Waals surface area contributed by atoms with Crippen molar-refractivity contribution in [3.8, 4) is 0 Å². The van der Waals surface area contributed by atoms with Gasteiger partial charge in [-0.1, -0.05) is 0 Å². The third kappa shape index (κ3) is 3.42. The number of carbonyl (C=O) groups excluding carboxylic acids is 1. The van der Waals surface area contributed by atoms with E-state index in [9.17, 15) is 14.9 Å². The maximum absolute atomic E-state index is 11.1. The van der Waals surface area contributed by atoms with Crippen LogP contribution >= 0.6 is 15.9 Å². The summed E-state index contributed by atoms with van der Waals surface area (Å²) in [6.07, 6.45) is 0. The normalized spacial score (nSPS) is 9.82. The Labute approximate surface area is 107 Å². The van der Waals surface area contributed by atoms with Gasteiger partial charge in [0.25, 0.3) is 5.69 Å². The van der Waals surface area contributed by atoms with E-state index in [1.807, 2.05) is 0 Å². The number of aryl methyl sites for hydroxylation is 1. The van der Waals surface area contributed by atoms with Crippen LogP contribution in [0.5, 0.6) is 0 Å². The summed E-state index contributed by atoms with van der Waals surface area (Å²) in [5.41, 5.74) is 1.23. The Morgan fingerprint density at radius 3 is 2.71 bits per heavy atom. The molecule has 0 bridgehead atoms. The first-order chi connectivity index (χ1) is 7.95. The zero-order chi connectivity index (χ0) is 13.0. The molecule has 0 aliphatic heterocycles. The van der Waals surface area contributed by atoms with E-state index in [4.69, 9.17) is 0 Å². The molecule has 92 valence electrons. The van der Waals surface area contributed by atoms with Gasteiger partial charge in [-0.3, -0.25) is 14.9 Å². The summed E-state index contributed by atoms with van der Waals surface area (Å²) in [6.45, 7) is 1.77. The van der Waals surface area contributed by atoms with Crippen LogP contribution in [0.3, 0.4) is 0 Å². The van der Waals surface area contributed by atoms with E-state index in [2.05, 4.69) is 26.6 Å². The predicted molar refractivity (Wildman–Crippen MR) is 68.1 cm³/mol. The van der Waals surface area contributed by atoms with Crippen LogP contribution in [0.25, 0.3) is 0 Å². The summed E-state index contributed by atoms with van der Waals surface area (Å²) in [6, 6.07) is 3.05. The van der Waals surface area contributed by atoms with Crippen molar-refractivity contribution in [3.05, 3.63) is 32.3 Å². The van der Waals surface area contributed by atoms with Crippen molar-refractivity contribution >= 4 is 33.2 Å². The van der Waals surface area contributed by atoms with Crippen LogP contribution in [0.2, 0.25) is 0 Å². The van der Waals surface area contributed by atoms with Crippen molar-refractivity contribution in [2.24, 2.45) is 0 Å². The van der Waals surface area contributed by atoms with Crippen molar-refractivity contribution < 1.29 is 9.72 Å². The average Bonchev–Trinajstić information content (AvgIpc) is 2.28. The summed E-state index contributed by atoms with van der Waals surface area (Å²) in [4.78, 5) is 21.3. The highest BCUT2D eigenvalue weighted by atomic mass is 79.9. The SMILES string of the molecule is CNC(=O)CNc1cc(C)c([N+](=O)[O-])cc1Br. The van der Waals surface area contributed by atoms with Crippen LogP contribution in [-0.2, 0) is 4.79 Å². The lowest BCUT2D eigenvalue weighted by molar-refractivity contribution is -0.385. The van der Waals surface area contributed by atoms with Crippen LogP contribution in [0, 0.1) is 17.0 Å². The number of halogens is 1. The molecule has 0 radical (unpaired) electrons. The Bertz CT molecular complexity index is 462. The maximum atomic E-state index is 11.1. The first-order valence-corrected chi connectivity index (χ1v) is 5.64. The van der Waals surface area contributed by atoms with Crippen LogP contribution in [0.1, 0.15) is 5.56 Å². The number of hydrogen-bond acceptors (Lipinski definition) is 4. The minimum absolute atomic E-state index is 0.0439. The number of hydrogen-bond donors (Lipinski definition) is 2. The summed E-state index contributed by atoms with van der Waals surface area (Å²) in [7, 11) is 1.54. The summed E-state index contributed by atoms with van der Waals surface area (Å²) in [5.74, 6) is -0.159. The van der Waals surface area contributed by atoms with E-state index in [1.165, 1.54) is 6.07 Å². The minimum Gasteiger partial charge on any atom is -0.375 e. The number of nitro groups is 1. The number of anilines is 1.